The number of fused-ring (bicyclic) bond motifs is 3. The van der Waals surface area contributed by atoms with Crippen LogP contribution in [0.2, 0.25) is 0 Å². The van der Waals surface area contributed by atoms with E-state index in [9.17, 15) is 19.5 Å². The highest BCUT2D eigenvalue weighted by Gasteiger charge is 2.30. The Balaban J connectivity index is 1.18. The maximum absolute atomic E-state index is 12.9. The monoisotopic (exact) mass is 676 g/mol. The van der Waals surface area contributed by atoms with Gasteiger partial charge >= 0.3 is 12.1 Å². The van der Waals surface area contributed by atoms with E-state index in [4.69, 9.17) is 9.47 Å². The number of carbonyl (C=O) groups is 3. The van der Waals surface area contributed by atoms with Gasteiger partial charge in [-0.1, -0.05) is 78.9 Å². The molecule has 0 aromatic heterocycles. The van der Waals surface area contributed by atoms with Gasteiger partial charge in [0.25, 0.3) is 5.91 Å². The van der Waals surface area contributed by atoms with Crippen LogP contribution >= 0.6 is 22.6 Å². The summed E-state index contributed by atoms with van der Waals surface area (Å²) in [6, 6.07) is 29.0. The summed E-state index contributed by atoms with van der Waals surface area (Å²) in [5.74, 6) is -1.83. The van der Waals surface area contributed by atoms with Crippen molar-refractivity contribution < 1.29 is 29.0 Å². The Hall–Kier alpha value is -4.22. The van der Waals surface area contributed by atoms with E-state index in [0.29, 0.717) is 9.26 Å². The van der Waals surface area contributed by atoms with Gasteiger partial charge in [-0.2, -0.15) is 0 Å². The predicted octanol–water partition coefficient (Wildman–Crippen LogP) is 6.44. The fourth-order valence-electron chi connectivity index (χ4n) is 5.00. The van der Waals surface area contributed by atoms with Gasteiger partial charge in [0.1, 0.15) is 6.61 Å². The summed E-state index contributed by atoms with van der Waals surface area (Å²) < 4.78 is 11.9. The maximum Gasteiger partial charge on any atom is 0.411 e. The molecule has 0 saturated heterocycles. The van der Waals surface area contributed by atoms with Crippen LogP contribution in [0.1, 0.15) is 39.9 Å². The summed E-state index contributed by atoms with van der Waals surface area (Å²) in [5, 5.41) is 15.0. The van der Waals surface area contributed by atoms with Crippen molar-refractivity contribution in [3.05, 3.63) is 123 Å². The zero-order valence-electron chi connectivity index (χ0n) is 22.8. The molecule has 5 rings (SSSR count). The van der Waals surface area contributed by atoms with Gasteiger partial charge in [-0.25, -0.2) is 9.59 Å². The second kappa shape index (κ2) is 13.2. The number of aliphatic carboxylic acids is 1. The van der Waals surface area contributed by atoms with Crippen LogP contribution in [0.3, 0.4) is 0 Å². The first kappa shape index (κ1) is 29.3. The van der Waals surface area contributed by atoms with Gasteiger partial charge in [-0.05, 0) is 75.5 Å². The van der Waals surface area contributed by atoms with E-state index in [0.717, 1.165) is 27.8 Å². The fourth-order valence-corrected chi connectivity index (χ4v) is 5.65. The molecular weight excluding hydrogens is 647 g/mol. The summed E-state index contributed by atoms with van der Waals surface area (Å²) in [6.45, 7) is 2.00. The molecule has 2 atom stereocenters. The highest BCUT2D eigenvalue weighted by molar-refractivity contribution is 14.1. The standard InChI is InChI=1S/C33H29IN2O6/c1-20(41-18-21-9-3-2-4-10-21)30(32(38)39)36-31(37)22-15-16-29(28(34)17-22)35-33(40)42-19-27-25-13-7-5-11-23(25)24-12-6-8-14-26(24)27/h2-17,20,27,30H,18-19H2,1H3,(H,35,40)(H,36,37)(H,38,39). The Bertz CT molecular complexity index is 1560. The molecule has 0 radical (unpaired) electrons. The van der Waals surface area contributed by atoms with Crippen LogP contribution in [0, 0.1) is 3.57 Å². The molecule has 0 saturated carbocycles. The van der Waals surface area contributed by atoms with E-state index in [2.05, 4.69) is 34.9 Å². The van der Waals surface area contributed by atoms with Crippen molar-refractivity contribution in [2.75, 3.05) is 11.9 Å². The third kappa shape index (κ3) is 6.63. The van der Waals surface area contributed by atoms with Crippen molar-refractivity contribution in [2.45, 2.75) is 31.6 Å². The Kier molecular flexibility index (Phi) is 9.19. The number of carbonyl (C=O) groups excluding carboxylic acids is 2. The molecule has 9 heteroatoms. The third-order valence-electron chi connectivity index (χ3n) is 7.19. The number of benzene rings is 4. The number of ether oxygens (including phenoxy) is 2. The molecule has 214 valence electrons. The number of nitrogens with one attached hydrogen (secondary N) is 2. The first-order valence-electron chi connectivity index (χ1n) is 13.4. The average molecular weight is 677 g/mol. The number of carboxylic acid groups (broad SMARTS) is 1. The van der Waals surface area contributed by atoms with Gasteiger partial charge in [0.2, 0.25) is 0 Å². The first-order valence-corrected chi connectivity index (χ1v) is 14.5. The number of rotatable bonds is 10. The van der Waals surface area contributed by atoms with Gasteiger partial charge in [-0.15, -0.1) is 0 Å². The summed E-state index contributed by atoms with van der Waals surface area (Å²) in [7, 11) is 0. The molecule has 4 aromatic carbocycles. The van der Waals surface area contributed by atoms with Gasteiger partial charge in [0.15, 0.2) is 6.04 Å². The van der Waals surface area contributed by atoms with Crippen LogP contribution in [-0.2, 0) is 20.9 Å². The molecule has 0 bridgehead atoms. The number of carboxylic acids is 1. The molecule has 3 N–H and O–H groups in total. The molecule has 0 spiro atoms. The Morgan fingerprint density at radius 2 is 1.50 bits per heavy atom. The van der Waals surface area contributed by atoms with Crippen molar-refractivity contribution in [2.24, 2.45) is 0 Å². The van der Waals surface area contributed by atoms with Crippen LogP contribution in [0.5, 0.6) is 0 Å². The van der Waals surface area contributed by atoms with Crippen LogP contribution in [0.4, 0.5) is 10.5 Å². The first-order chi connectivity index (χ1) is 20.3. The second-order valence-corrected chi connectivity index (χ2v) is 11.1. The summed E-state index contributed by atoms with van der Waals surface area (Å²) >= 11 is 2.01. The van der Waals surface area contributed by atoms with E-state index >= 15 is 0 Å². The van der Waals surface area contributed by atoms with Gasteiger partial charge < -0.3 is 19.9 Å². The van der Waals surface area contributed by atoms with Gasteiger partial charge in [0, 0.05) is 15.1 Å². The lowest BCUT2D eigenvalue weighted by Gasteiger charge is -2.22. The third-order valence-corrected chi connectivity index (χ3v) is 8.08. The van der Waals surface area contributed by atoms with E-state index in [1.807, 2.05) is 77.2 Å². The van der Waals surface area contributed by atoms with Crippen LogP contribution in [-0.4, -0.2) is 41.8 Å². The summed E-state index contributed by atoms with van der Waals surface area (Å²) in [4.78, 5) is 37.6. The highest BCUT2D eigenvalue weighted by Crippen LogP contribution is 2.44. The number of hydrogen-bond acceptors (Lipinski definition) is 5. The molecule has 2 unspecified atom stereocenters. The van der Waals surface area contributed by atoms with E-state index in [1.165, 1.54) is 6.07 Å². The molecule has 0 fully saturated rings. The van der Waals surface area contributed by atoms with Crippen molar-refractivity contribution in [1.82, 2.24) is 5.32 Å². The lowest BCUT2D eigenvalue weighted by molar-refractivity contribution is -0.143. The molecular formula is C33H29IN2O6. The summed E-state index contributed by atoms with van der Waals surface area (Å²) in [5.41, 5.74) is 6.15. The molecule has 8 nitrogen and oxygen atoms in total. The fraction of sp³-hybridized carbons (Fsp3) is 0.182. The Labute approximate surface area is 257 Å². The molecule has 1 aliphatic carbocycles. The minimum absolute atomic E-state index is 0.0606. The van der Waals surface area contributed by atoms with Crippen molar-refractivity contribution in [3.8, 4) is 11.1 Å². The zero-order chi connectivity index (χ0) is 29.6. The Morgan fingerprint density at radius 3 is 2.12 bits per heavy atom. The summed E-state index contributed by atoms with van der Waals surface area (Å²) in [6.07, 6.45) is -1.39. The minimum Gasteiger partial charge on any atom is -0.480 e. The lowest BCUT2D eigenvalue weighted by atomic mass is 9.98. The molecule has 1 aliphatic rings. The quantitative estimate of drug-likeness (QED) is 0.167. The molecule has 0 aliphatic heterocycles. The highest BCUT2D eigenvalue weighted by atomic mass is 127. The number of anilines is 1. The average Bonchev–Trinajstić information content (AvgIpc) is 3.32. The van der Waals surface area contributed by atoms with Gasteiger partial charge in [-0.3, -0.25) is 10.1 Å². The molecule has 42 heavy (non-hydrogen) atoms. The van der Waals surface area contributed by atoms with Crippen LogP contribution in [0.15, 0.2) is 97.1 Å². The maximum atomic E-state index is 12.9. The molecule has 4 aromatic rings. The molecule has 2 amide bonds. The van der Waals surface area contributed by atoms with E-state index in [1.54, 1.807) is 19.1 Å². The largest absolute Gasteiger partial charge is 0.480 e. The van der Waals surface area contributed by atoms with E-state index in [-0.39, 0.29) is 24.7 Å². The number of hydrogen-bond donors (Lipinski definition) is 3. The predicted molar refractivity (Wildman–Crippen MR) is 167 cm³/mol. The van der Waals surface area contributed by atoms with Crippen molar-refractivity contribution in [3.63, 3.8) is 0 Å². The topological polar surface area (TPSA) is 114 Å². The smallest absolute Gasteiger partial charge is 0.411 e. The SMILES string of the molecule is CC(OCc1ccccc1)C(NC(=O)c1ccc(NC(=O)OCC2c3ccccc3-c3ccccc32)c(I)c1)C(=O)O. The van der Waals surface area contributed by atoms with Crippen molar-refractivity contribution >= 4 is 46.2 Å². The Morgan fingerprint density at radius 1 is 0.881 bits per heavy atom. The molecule has 0 heterocycles. The van der Waals surface area contributed by atoms with Crippen LogP contribution < -0.4 is 10.6 Å². The lowest BCUT2D eigenvalue weighted by Crippen LogP contribution is -2.48. The minimum atomic E-state index is -1.25. The normalized spacial score (nSPS) is 13.4. The second-order valence-electron chi connectivity index (χ2n) is 9.94. The van der Waals surface area contributed by atoms with Crippen LogP contribution in [0.25, 0.3) is 11.1 Å². The zero-order valence-corrected chi connectivity index (χ0v) is 24.9. The number of amides is 2. The van der Waals surface area contributed by atoms with E-state index < -0.39 is 30.1 Å². The number of halogens is 1. The van der Waals surface area contributed by atoms with Gasteiger partial charge in [0.05, 0.1) is 18.4 Å². The van der Waals surface area contributed by atoms with Crippen molar-refractivity contribution in [1.29, 1.82) is 0 Å².